The molecule has 6 heteroatoms. The monoisotopic (exact) mass is 477 g/mol. The molecule has 0 atom stereocenters. The molecule has 0 saturated carbocycles. The molecule has 0 fully saturated rings. The summed E-state index contributed by atoms with van der Waals surface area (Å²) < 4.78 is 8.59. The molecular weight excluding hydrogens is 454 g/mol. The van der Waals surface area contributed by atoms with Crippen molar-refractivity contribution in [3.63, 3.8) is 0 Å². The quantitative estimate of drug-likeness (QED) is 0.269. The van der Waals surface area contributed by atoms with Crippen LogP contribution in [0.1, 0.15) is 36.7 Å². The van der Waals surface area contributed by atoms with Crippen LogP contribution in [0.25, 0.3) is 16.9 Å². The van der Waals surface area contributed by atoms with Crippen molar-refractivity contribution < 1.29 is 9.53 Å². The van der Waals surface area contributed by atoms with E-state index in [2.05, 4.69) is 54.2 Å². The lowest BCUT2D eigenvalue weighted by atomic mass is 10.1. The Balaban J connectivity index is 1.72. The maximum absolute atomic E-state index is 12.5. The van der Waals surface area contributed by atoms with Gasteiger partial charge in [0.25, 0.3) is 0 Å². The number of carbonyl (C=O) groups is 1. The SMILES string of the molecule is Cc1ccn2c(NC(C)(C)C)c(-c3cccc(OC(=O)c4ccc(Br)cc4)c3)nc2c1. The summed E-state index contributed by atoms with van der Waals surface area (Å²) in [6.45, 7) is 8.38. The molecule has 4 aromatic rings. The van der Waals surface area contributed by atoms with Crippen molar-refractivity contribution in [2.24, 2.45) is 0 Å². The third-order valence-electron chi connectivity index (χ3n) is 4.67. The van der Waals surface area contributed by atoms with Crippen LogP contribution in [0.15, 0.2) is 71.3 Å². The predicted octanol–water partition coefficient (Wildman–Crippen LogP) is 6.50. The first-order valence-corrected chi connectivity index (χ1v) is 10.8. The molecule has 4 rings (SSSR count). The molecule has 0 aliphatic carbocycles. The van der Waals surface area contributed by atoms with Crippen LogP contribution in [0.2, 0.25) is 0 Å². The van der Waals surface area contributed by atoms with Crippen molar-refractivity contribution in [2.45, 2.75) is 33.2 Å². The number of hydrogen-bond acceptors (Lipinski definition) is 4. The maximum Gasteiger partial charge on any atom is 0.343 e. The van der Waals surface area contributed by atoms with Crippen molar-refractivity contribution in [3.05, 3.63) is 82.5 Å². The first-order valence-electron chi connectivity index (χ1n) is 10.0. The molecule has 2 aromatic heterocycles. The molecule has 0 bridgehead atoms. The summed E-state index contributed by atoms with van der Waals surface area (Å²) >= 11 is 3.38. The second-order valence-corrected chi connectivity index (χ2v) is 9.46. The van der Waals surface area contributed by atoms with Gasteiger partial charge in [-0.15, -0.1) is 0 Å². The lowest BCUT2D eigenvalue weighted by Gasteiger charge is -2.22. The van der Waals surface area contributed by atoms with Gasteiger partial charge in [-0.1, -0.05) is 28.1 Å². The number of ether oxygens (including phenoxy) is 1. The second kappa shape index (κ2) is 8.19. The zero-order valence-corrected chi connectivity index (χ0v) is 19.5. The average molecular weight is 478 g/mol. The number of anilines is 1. The molecular formula is C25H24BrN3O2. The van der Waals surface area contributed by atoms with Gasteiger partial charge in [0.15, 0.2) is 0 Å². The number of aryl methyl sites for hydroxylation is 1. The van der Waals surface area contributed by atoms with Crippen LogP contribution in [0.5, 0.6) is 5.75 Å². The number of imidazole rings is 1. The predicted molar refractivity (Wildman–Crippen MR) is 128 cm³/mol. The maximum atomic E-state index is 12.5. The van der Waals surface area contributed by atoms with Gasteiger partial charge in [-0.25, -0.2) is 9.78 Å². The Labute approximate surface area is 190 Å². The second-order valence-electron chi connectivity index (χ2n) is 8.54. The third kappa shape index (κ3) is 4.80. The first kappa shape index (κ1) is 21.1. The van der Waals surface area contributed by atoms with Crippen molar-refractivity contribution in [1.29, 1.82) is 0 Å². The van der Waals surface area contributed by atoms with E-state index >= 15 is 0 Å². The topological polar surface area (TPSA) is 55.6 Å². The Morgan fingerprint density at radius 2 is 1.81 bits per heavy atom. The fourth-order valence-corrected chi connectivity index (χ4v) is 3.55. The summed E-state index contributed by atoms with van der Waals surface area (Å²) in [5, 5.41) is 3.57. The van der Waals surface area contributed by atoms with Crippen LogP contribution in [-0.2, 0) is 0 Å². The highest BCUT2D eigenvalue weighted by atomic mass is 79.9. The Morgan fingerprint density at radius 3 is 2.52 bits per heavy atom. The summed E-state index contributed by atoms with van der Waals surface area (Å²) in [5.74, 6) is 0.975. The summed E-state index contributed by atoms with van der Waals surface area (Å²) in [6, 6.07) is 18.7. The molecule has 0 saturated heterocycles. The van der Waals surface area contributed by atoms with E-state index < -0.39 is 5.97 Å². The Kier molecular flexibility index (Phi) is 5.58. The highest BCUT2D eigenvalue weighted by molar-refractivity contribution is 9.10. The molecule has 1 N–H and O–H groups in total. The molecule has 0 aliphatic heterocycles. The number of nitrogens with zero attached hydrogens (tertiary/aromatic N) is 2. The highest BCUT2D eigenvalue weighted by Crippen LogP contribution is 2.33. The minimum absolute atomic E-state index is 0.152. The van der Waals surface area contributed by atoms with Gasteiger partial charge in [0.2, 0.25) is 0 Å². The third-order valence-corrected chi connectivity index (χ3v) is 5.20. The number of halogens is 1. The smallest absolute Gasteiger partial charge is 0.343 e. The van der Waals surface area contributed by atoms with E-state index in [1.165, 1.54) is 0 Å². The molecule has 0 spiro atoms. The van der Waals surface area contributed by atoms with E-state index in [0.717, 1.165) is 32.8 Å². The summed E-state index contributed by atoms with van der Waals surface area (Å²) in [7, 11) is 0. The molecule has 158 valence electrons. The van der Waals surface area contributed by atoms with Gasteiger partial charge in [0.1, 0.15) is 22.9 Å². The minimum atomic E-state index is -0.400. The van der Waals surface area contributed by atoms with Gasteiger partial charge in [-0.3, -0.25) is 4.40 Å². The molecule has 0 unspecified atom stereocenters. The number of benzene rings is 2. The van der Waals surface area contributed by atoms with E-state index in [1.54, 1.807) is 18.2 Å². The summed E-state index contributed by atoms with van der Waals surface area (Å²) in [4.78, 5) is 17.4. The van der Waals surface area contributed by atoms with E-state index in [1.807, 2.05) is 47.9 Å². The molecule has 0 aliphatic rings. The zero-order valence-electron chi connectivity index (χ0n) is 17.9. The minimum Gasteiger partial charge on any atom is -0.423 e. The lowest BCUT2D eigenvalue weighted by molar-refractivity contribution is 0.0735. The van der Waals surface area contributed by atoms with Crippen LogP contribution < -0.4 is 10.1 Å². The summed E-state index contributed by atoms with van der Waals surface area (Å²) in [5.41, 5.74) is 4.02. The van der Waals surface area contributed by atoms with Gasteiger partial charge in [-0.05, 0) is 81.8 Å². The molecule has 0 radical (unpaired) electrons. The van der Waals surface area contributed by atoms with Crippen LogP contribution in [-0.4, -0.2) is 20.9 Å². The Hall–Kier alpha value is -3.12. The average Bonchev–Trinajstić information content (AvgIpc) is 3.04. The van der Waals surface area contributed by atoms with Gasteiger partial charge >= 0.3 is 5.97 Å². The van der Waals surface area contributed by atoms with Crippen LogP contribution in [0, 0.1) is 6.92 Å². The highest BCUT2D eigenvalue weighted by Gasteiger charge is 2.20. The molecule has 0 amide bonds. The van der Waals surface area contributed by atoms with E-state index in [9.17, 15) is 4.79 Å². The largest absolute Gasteiger partial charge is 0.423 e. The van der Waals surface area contributed by atoms with Crippen LogP contribution >= 0.6 is 15.9 Å². The zero-order chi connectivity index (χ0) is 22.2. The van der Waals surface area contributed by atoms with E-state index in [-0.39, 0.29) is 5.54 Å². The van der Waals surface area contributed by atoms with Crippen molar-refractivity contribution in [2.75, 3.05) is 5.32 Å². The van der Waals surface area contributed by atoms with E-state index in [4.69, 9.17) is 9.72 Å². The standard InChI is InChI=1S/C25H24BrN3O2/c1-16-12-13-29-21(14-16)27-22(23(29)28-25(2,3)4)18-6-5-7-20(15-18)31-24(30)17-8-10-19(26)11-9-17/h5-15,28H,1-4H3. The van der Waals surface area contributed by atoms with Crippen molar-refractivity contribution in [1.82, 2.24) is 9.38 Å². The first-order chi connectivity index (χ1) is 14.7. The molecule has 5 nitrogen and oxygen atoms in total. The number of hydrogen-bond donors (Lipinski definition) is 1. The van der Waals surface area contributed by atoms with Gasteiger partial charge < -0.3 is 10.1 Å². The number of aromatic nitrogens is 2. The number of nitrogens with one attached hydrogen (secondary N) is 1. The number of carbonyl (C=O) groups excluding carboxylic acids is 1. The number of pyridine rings is 1. The van der Waals surface area contributed by atoms with E-state index in [0.29, 0.717) is 11.3 Å². The van der Waals surface area contributed by atoms with Gasteiger partial charge in [0, 0.05) is 21.8 Å². The molecule has 2 heterocycles. The Bertz CT molecular complexity index is 1250. The molecule has 31 heavy (non-hydrogen) atoms. The fourth-order valence-electron chi connectivity index (χ4n) is 3.28. The Morgan fingerprint density at radius 1 is 1.06 bits per heavy atom. The normalized spacial score (nSPS) is 11.5. The van der Waals surface area contributed by atoms with Crippen LogP contribution in [0.3, 0.4) is 0 Å². The van der Waals surface area contributed by atoms with Gasteiger partial charge in [-0.2, -0.15) is 0 Å². The molecule has 2 aromatic carbocycles. The number of fused-ring (bicyclic) bond motifs is 1. The van der Waals surface area contributed by atoms with Crippen molar-refractivity contribution >= 4 is 33.4 Å². The van der Waals surface area contributed by atoms with Crippen LogP contribution in [0.4, 0.5) is 5.82 Å². The fraction of sp³-hybridized carbons (Fsp3) is 0.200. The number of esters is 1. The number of rotatable bonds is 4. The van der Waals surface area contributed by atoms with Crippen molar-refractivity contribution in [3.8, 4) is 17.0 Å². The van der Waals surface area contributed by atoms with Gasteiger partial charge in [0.05, 0.1) is 5.56 Å². The summed E-state index contributed by atoms with van der Waals surface area (Å²) in [6.07, 6.45) is 2.02. The lowest BCUT2D eigenvalue weighted by Crippen LogP contribution is -2.27.